The minimum Gasteiger partial charge on any atom is -0.252 e. The lowest BCUT2D eigenvalue weighted by Gasteiger charge is -2.03. The SMILES string of the molecule is Cc1cccc(-c2cn(CCc3ccc(S(N)(=O)=O)cc3)nn2)n1. The van der Waals surface area contributed by atoms with Gasteiger partial charge in [0.1, 0.15) is 5.69 Å². The van der Waals surface area contributed by atoms with Crippen molar-refractivity contribution in [1.29, 1.82) is 0 Å². The fraction of sp³-hybridized carbons (Fsp3) is 0.188. The number of rotatable bonds is 5. The molecule has 0 radical (unpaired) electrons. The van der Waals surface area contributed by atoms with Crippen LogP contribution >= 0.6 is 0 Å². The van der Waals surface area contributed by atoms with E-state index in [4.69, 9.17) is 5.14 Å². The van der Waals surface area contributed by atoms with E-state index < -0.39 is 10.0 Å². The van der Waals surface area contributed by atoms with Crippen molar-refractivity contribution in [3.05, 3.63) is 59.9 Å². The smallest absolute Gasteiger partial charge is 0.238 e. The predicted octanol–water partition coefficient (Wildman–Crippen LogP) is 1.54. The Balaban J connectivity index is 1.67. The standard InChI is InChI=1S/C16H17N5O2S/c1-12-3-2-4-15(18-12)16-11-21(20-19-16)10-9-13-5-7-14(8-6-13)24(17,22)23/h2-8,11H,9-10H2,1H3,(H2,17,22,23). The number of aromatic nitrogens is 4. The molecule has 0 bridgehead atoms. The van der Waals surface area contributed by atoms with Crippen molar-refractivity contribution in [2.24, 2.45) is 5.14 Å². The van der Waals surface area contributed by atoms with Gasteiger partial charge in [-0.3, -0.25) is 9.67 Å². The van der Waals surface area contributed by atoms with Gasteiger partial charge in [-0.05, 0) is 43.2 Å². The summed E-state index contributed by atoms with van der Waals surface area (Å²) in [4.78, 5) is 4.53. The summed E-state index contributed by atoms with van der Waals surface area (Å²) in [6.45, 7) is 2.56. The zero-order chi connectivity index (χ0) is 17.2. The van der Waals surface area contributed by atoms with E-state index in [1.54, 1.807) is 16.8 Å². The molecule has 0 saturated carbocycles. The molecule has 0 fully saturated rings. The molecule has 24 heavy (non-hydrogen) atoms. The first kappa shape index (κ1) is 16.3. The van der Waals surface area contributed by atoms with Crippen molar-refractivity contribution in [1.82, 2.24) is 20.0 Å². The summed E-state index contributed by atoms with van der Waals surface area (Å²) in [7, 11) is -3.65. The van der Waals surface area contributed by atoms with Gasteiger partial charge >= 0.3 is 0 Å². The molecule has 0 saturated heterocycles. The molecule has 0 unspecified atom stereocenters. The monoisotopic (exact) mass is 343 g/mol. The van der Waals surface area contributed by atoms with Crippen LogP contribution < -0.4 is 5.14 Å². The van der Waals surface area contributed by atoms with Gasteiger partial charge in [0.15, 0.2) is 0 Å². The summed E-state index contributed by atoms with van der Waals surface area (Å²) in [5.41, 5.74) is 3.44. The maximum absolute atomic E-state index is 11.2. The van der Waals surface area contributed by atoms with E-state index in [1.807, 2.05) is 31.3 Å². The lowest BCUT2D eigenvalue weighted by molar-refractivity contribution is 0.588. The minimum absolute atomic E-state index is 0.111. The summed E-state index contributed by atoms with van der Waals surface area (Å²) in [6.07, 6.45) is 2.55. The van der Waals surface area contributed by atoms with Crippen LogP contribution in [0.4, 0.5) is 0 Å². The van der Waals surface area contributed by atoms with E-state index in [0.29, 0.717) is 13.0 Å². The highest BCUT2D eigenvalue weighted by Crippen LogP contribution is 2.14. The lowest BCUT2D eigenvalue weighted by atomic mass is 10.1. The van der Waals surface area contributed by atoms with Gasteiger partial charge in [0.05, 0.1) is 16.8 Å². The Bertz CT molecular complexity index is 949. The molecule has 0 aliphatic heterocycles. The van der Waals surface area contributed by atoms with Gasteiger partial charge in [0.2, 0.25) is 10.0 Å². The third kappa shape index (κ3) is 3.84. The van der Waals surface area contributed by atoms with Crippen LogP contribution in [0.1, 0.15) is 11.3 Å². The second-order valence-electron chi connectivity index (χ2n) is 5.47. The highest BCUT2D eigenvalue weighted by Gasteiger charge is 2.08. The zero-order valence-electron chi connectivity index (χ0n) is 13.1. The normalized spacial score (nSPS) is 11.6. The van der Waals surface area contributed by atoms with Crippen molar-refractivity contribution in [2.75, 3.05) is 0 Å². The molecule has 3 rings (SSSR count). The number of benzene rings is 1. The molecule has 8 heteroatoms. The topological polar surface area (TPSA) is 104 Å². The number of hydrogen-bond donors (Lipinski definition) is 1. The van der Waals surface area contributed by atoms with Crippen LogP contribution in [-0.4, -0.2) is 28.4 Å². The third-order valence-electron chi connectivity index (χ3n) is 3.57. The van der Waals surface area contributed by atoms with Crippen molar-refractivity contribution in [2.45, 2.75) is 24.8 Å². The predicted molar refractivity (Wildman–Crippen MR) is 89.5 cm³/mol. The van der Waals surface area contributed by atoms with Crippen LogP contribution in [-0.2, 0) is 23.0 Å². The molecule has 0 spiro atoms. The molecule has 3 aromatic rings. The average Bonchev–Trinajstić information content (AvgIpc) is 3.01. The first-order valence-corrected chi connectivity index (χ1v) is 8.92. The molecule has 7 nitrogen and oxygen atoms in total. The molecule has 2 aromatic heterocycles. The number of pyridine rings is 1. The first-order chi connectivity index (χ1) is 11.4. The first-order valence-electron chi connectivity index (χ1n) is 7.38. The van der Waals surface area contributed by atoms with Gasteiger partial charge in [-0.25, -0.2) is 13.6 Å². The maximum atomic E-state index is 11.2. The van der Waals surface area contributed by atoms with E-state index in [1.165, 1.54) is 12.1 Å². The highest BCUT2D eigenvalue weighted by atomic mass is 32.2. The average molecular weight is 343 g/mol. The Kier molecular flexibility index (Phi) is 4.41. The summed E-state index contributed by atoms with van der Waals surface area (Å²) < 4.78 is 24.2. The number of aryl methyl sites for hydroxylation is 3. The number of sulfonamides is 1. The highest BCUT2D eigenvalue weighted by molar-refractivity contribution is 7.89. The number of nitrogens with two attached hydrogens (primary N) is 1. The van der Waals surface area contributed by atoms with Gasteiger partial charge in [-0.1, -0.05) is 23.4 Å². The Morgan fingerprint density at radius 2 is 1.83 bits per heavy atom. The molecule has 2 heterocycles. The summed E-state index contributed by atoms with van der Waals surface area (Å²) in [6, 6.07) is 12.3. The number of nitrogens with zero attached hydrogens (tertiary/aromatic N) is 4. The Hall–Kier alpha value is -2.58. The van der Waals surface area contributed by atoms with Gasteiger partial charge in [-0.15, -0.1) is 5.10 Å². The van der Waals surface area contributed by atoms with Crippen LogP contribution in [0.2, 0.25) is 0 Å². The Labute approximate surface area is 140 Å². The molecule has 0 amide bonds. The quantitative estimate of drug-likeness (QED) is 0.757. The molecule has 0 aliphatic carbocycles. The van der Waals surface area contributed by atoms with Crippen LogP contribution in [0.25, 0.3) is 11.4 Å². The molecule has 124 valence electrons. The third-order valence-corrected chi connectivity index (χ3v) is 4.50. The molecular weight excluding hydrogens is 326 g/mol. The van der Waals surface area contributed by atoms with E-state index in [-0.39, 0.29) is 4.90 Å². The summed E-state index contributed by atoms with van der Waals surface area (Å²) >= 11 is 0. The number of primary sulfonamides is 1. The van der Waals surface area contributed by atoms with Gasteiger partial charge in [-0.2, -0.15) is 0 Å². The minimum atomic E-state index is -3.65. The maximum Gasteiger partial charge on any atom is 0.238 e. The Morgan fingerprint density at radius 3 is 2.50 bits per heavy atom. The Morgan fingerprint density at radius 1 is 1.08 bits per heavy atom. The van der Waals surface area contributed by atoms with Crippen molar-refractivity contribution >= 4 is 10.0 Å². The van der Waals surface area contributed by atoms with E-state index in [0.717, 1.165) is 22.6 Å². The van der Waals surface area contributed by atoms with Crippen LogP contribution in [0.15, 0.2) is 53.6 Å². The molecule has 2 N–H and O–H groups in total. The molecule has 0 aliphatic rings. The van der Waals surface area contributed by atoms with E-state index in [2.05, 4.69) is 15.3 Å². The molecule has 0 atom stereocenters. The second-order valence-corrected chi connectivity index (χ2v) is 7.03. The second kappa shape index (κ2) is 6.50. The van der Waals surface area contributed by atoms with Crippen LogP contribution in [0.3, 0.4) is 0 Å². The molecule has 1 aromatic carbocycles. The van der Waals surface area contributed by atoms with Crippen LogP contribution in [0.5, 0.6) is 0 Å². The van der Waals surface area contributed by atoms with E-state index >= 15 is 0 Å². The summed E-state index contributed by atoms with van der Waals surface area (Å²) in [5, 5.41) is 13.3. The fourth-order valence-corrected chi connectivity index (χ4v) is 2.82. The molecular formula is C16H17N5O2S. The zero-order valence-corrected chi connectivity index (χ0v) is 13.9. The van der Waals surface area contributed by atoms with Gasteiger partial charge in [0, 0.05) is 12.2 Å². The largest absolute Gasteiger partial charge is 0.252 e. The van der Waals surface area contributed by atoms with E-state index in [9.17, 15) is 8.42 Å². The summed E-state index contributed by atoms with van der Waals surface area (Å²) in [5.74, 6) is 0. The van der Waals surface area contributed by atoms with Crippen LogP contribution in [0, 0.1) is 6.92 Å². The van der Waals surface area contributed by atoms with Crippen molar-refractivity contribution in [3.63, 3.8) is 0 Å². The van der Waals surface area contributed by atoms with Gasteiger partial charge < -0.3 is 0 Å². The lowest BCUT2D eigenvalue weighted by Crippen LogP contribution is -2.12. The van der Waals surface area contributed by atoms with Crippen molar-refractivity contribution < 1.29 is 8.42 Å². The fourth-order valence-electron chi connectivity index (χ4n) is 2.30. The van der Waals surface area contributed by atoms with Gasteiger partial charge in [0.25, 0.3) is 0 Å². The van der Waals surface area contributed by atoms with Crippen molar-refractivity contribution in [3.8, 4) is 11.4 Å². The number of hydrogen-bond acceptors (Lipinski definition) is 5.